The molecule has 6 rings (SSSR count). The molecule has 2 heterocycles. The Bertz CT molecular complexity index is 2060. The molecule has 66 heavy (non-hydrogen) atoms. The predicted molar refractivity (Wildman–Crippen MR) is 246 cm³/mol. The van der Waals surface area contributed by atoms with Crippen LogP contribution >= 0.6 is 23.2 Å². The minimum Gasteiger partial charge on any atom is -0.491 e. The summed E-state index contributed by atoms with van der Waals surface area (Å²) < 4.78 is 33.3. The van der Waals surface area contributed by atoms with Crippen LogP contribution in [0.1, 0.15) is 59.4 Å². The first-order chi connectivity index (χ1) is 31.9. The number of hydrogen-bond donors (Lipinski definition) is 8. The molecule has 0 amide bonds. The largest absolute Gasteiger partial charge is 0.491 e. The molecular formula is C50H58Cl2O14. The summed E-state index contributed by atoms with van der Waals surface area (Å²) >= 11 is 12.8. The van der Waals surface area contributed by atoms with Crippen LogP contribution in [-0.2, 0) is 31.8 Å². The lowest BCUT2D eigenvalue weighted by atomic mass is 9.90. The zero-order chi connectivity index (χ0) is 47.6. The molecule has 2 aliphatic rings. The number of benzene rings is 4. The van der Waals surface area contributed by atoms with E-state index in [1.807, 2.05) is 48.5 Å². The smallest absolute Gasteiger partial charge is 0.119 e. The topological polar surface area (TPSA) is 217 Å². The Hall–Kier alpha value is -4.30. The fourth-order valence-electron chi connectivity index (χ4n) is 7.24. The first kappa shape index (κ1) is 52.7. The van der Waals surface area contributed by atoms with Crippen molar-refractivity contribution >= 4 is 23.2 Å². The van der Waals surface area contributed by atoms with E-state index in [9.17, 15) is 40.9 Å². The summed E-state index contributed by atoms with van der Waals surface area (Å²) in [6.45, 7) is 5.12. The lowest BCUT2D eigenvalue weighted by molar-refractivity contribution is -0.231. The van der Waals surface area contributed by atoms with Crippen molar-refractivity contribution in [3.63, 3.8) is 0 Å². The first-order valence-corrected chi connectivity index (χ1v) is 22.2. The van der Waals surface area contributed by atoms with Crippen molar-refractivity contribution in [2.24, 2.45) is 0 Å². The van der Waals surface area contributed by atoms with Crippen LogP contribution in [0.25, 0.3) is 0 Å². The van der Waals surface area contributed by atoms with Crippen molar-refractivity contribution in [2.45, 2.75) is 87.7 Å². The maximum Gasteiger partial charge on any atom is 0.119 e. The molecule has 0 bridgehead atoms. The lowest BCUT2D eigenvalue weighted by Crippen LogP contribution is -2.55. The van der Waals surface area contributed by atoms with E-state index in [1.54, 1.807) is 50.2 Å². The predicted octanol–water partition coefficient (Wildman–Crippen LogP) is 3.73. The van der Waals surface area contributed by atoms with Crippen LogP contribution < -0.4 is 9.47 Å². The van der Waals surface area contributed by atoms with Crippen molar-refractivity contribution in [1.82, 2.24) is 0 Å². The summed E-state index contributed by atoms with van der Waals surface area (Å²) in [7, 11) is 0. The normalized spacial score (nSPS) is 24.7. The van der Waals surface area contributed by atoms with E-state index < -0.39 is 74.3 Å². The van der Waals surface area contributed by atoms with Crippen LogP contribution in [0.4, 0.5) is 0 Å². The minimum atomic E-state index is -1.43. The highest BCUT2D eigenvalue weighted by Gasteiger charge is 2.45. The summed E-state index contributed by atoms with van der Waals surface area (Å²) in [6.07, 6.45) is -11.0. The number of hydrogen-bond acceptors (Lipinski definition) is 14. The van der Waals surface area contributed by atoms with Crippen LogP contribution in [-0.4, -0.2) is 143 Å². The number of halogens is 2. The van der Waals surface area contributed by atoms with Crippen molar-refractivity contribution in [2.75, 3.05) is 52.9 Å². The average Bonchev–Trinajstić information content (AvgIpc) is 3.33. The summed E-state index contributed by atoms with van der Waals surface area (Å²) in [6, 6.07) is 25.7. The Morgan fingerprint density at radius 2 is 0.879 bits per heavy atom. The summed E-state index contributed by atoms with van der Waals surface area (Å²) in [5.74, 6) is 12.6. The molecular weight excluding hydrogens is 895 g/mol. The van der Waals surface area contributed by atoms with Gasteiger partial charge >= 0.3 is 0 Å². The molecule has 356 valence electrons. The quantitative estimate of drug-likeness (QED) is 0.0527. The molecule has 0 aliphatic carbocycles. The number of aliphatic hydroxyl groups is 8. The molecule has 16 heteroatoms. The Morgan fingerprint density at radius 1 is 0.500 bits per heavy atom. The zero-order valence-corrected chi connectivity index (χ0v) is 38.2. The van der Waals surface area contributed by atoms with Gasteiger partial charge in [0.25, 0.3) is 0 Å². The molecule has 0 aromatic heterocycles. The van der Waals surface area contributed by atoms with Crippen molar-refractivity contribution < 1.29 is 69.3 Å². The number of aliphatic hydroxyl groups excluding tert-OH is 8. The molecule has 0 unspecified atom stereocenters. The van der Waals surface area contributed by atoms with E-state index in [0.29, 0.717) is 73.7 Å². The minimum absolute atomic E-state index is 0.391. The van der Waals surface area contributed by atoms with Crippen LogP contribution in [0, 0.1) is 23.7 Å². The fourth-order valence-corrected chi connectivity index (χ4v) is 7.61. The van der Waals surface area contributed by atoms with Gasteiger partial charge in [-0.05, 0) is 96.5 Å². The SMILES string of the molecule is CC#CCOCCOc1ccc(Cc2cc([C@@H]3O[C@H](CO)[C@@H](O)[C@H](O)[C@H]3O)ccc2Cl)cc1.CC#CCOCCOc1ccc(Cc2cc([C@H]3O[C@H](CO)[C@@H](O)[C@H](O)[C@H]3O)ccc2Cl)cc1. The van der Waals surface area contributed by atoms with Gasteiger partial charge in [-0.25, -0.2) is 0 Å². The molecule has 4 aromatic rings. The van der Waals surface area contributed by atoms with Gasteiger partial charge in [0.15, 0.2) is 0 Å². The number of ether oxygens (including phenoxy) is 6. The van der Waals surface area contributed by atoms with E-state index in [1.165, 1.54) is 0 Å². The second-order valence-corrected chi connectivity index (χ2v) is 16.3. The van der Waals surface area contributed by atoms with Gasteiger partial charge in [0, 0.05) is 10.0 Å². The van der Waals surface area contributed by atoms with Crippen LogP contribution in [0.5, 0.6) is 11.5 Å². The highest BCUT2D eigenvalue weighted by atomic mass is 35.5. The van der Waals surface area contributed by atoms with Crippen LogP contribution in [0.15, 0.2) is 84.9 Å². The van der Waals surface area contributed by atoms with E-state index in [-0.39, 0.29) is 0 Å². The molecule has 10 atom stereocenters. The molecule has 0 spiro atoms. The van der Waals surface area contributed by atoms with Gasteiger partial charge in [-0.2, -0.15) is 0 Å². The second-order valence-electron chi connectivity index (χ2n) is 15.5. The zero-order valence-electron chi connectivity index (χ0n) is 36.7. The van der Waals surface area contributed by atoms with Crippen molar-refractivity contribution in [1.29, 1.82) is 0 Å². The molecule has 8 N–H and O–H groups in total. The molecule has 2 saturated heterocycles. The van der Waals surface area contributed by atoms with Crippen molar-refractivity contribution in [3.8, 4) is 35.2 Å². The van der Waals surface area contributed by atoms with E-state index in [2.05, 4.69) is 23.7 Å². The fraction of sp³-hybridized carbons (Fsp3) is 0.440. The standard InChI is InChI=1S/2C25H29ClO7/c2*1-2-3-10-31-11-12-32-19-7-4-16(5-8-19)13-18-14-17(6-9-20(18)26)25-24(30)23(29)22(28)21(15-27)33-25/h2*4-9,14,21-25,27-30H,10-13,15H2,1H3/t21-,22-,23+,24-,25+;21-,22-,23+,24-,25-/m11/s1. The molecule has 2 aliphatic heterocycles. The third kappa shape index (κ3) is 14.8. The third-order valence-electron chi connectivity index (χ3n) is 10.9. The van der Waals surface area contributed by atoms with Gasteiger partial charge < -0.3 is 69.3 Å². The van der Waals surface area contributed by atoms with Crippen molar-refractivity contribution in [3.05, 3.63) is 128 Å². The van der Waals surface area contributed by atoms with Gasteiger partial charge in [-0.15, -0.1) is 11.8 Å². The highest BCUT2D eigenvalue weighted by molar-refractivity contribution is 6.31. The van der Waals surface area contributed by atoms with Gasteiger partial charge in [0.1, 0.15) is 99.0 Å². The Kier molecular flexibility index (Phi) is 21.5. The van der Waals surface area contributed by atoms with Gasteiger partial charge in [-0.1, -0.05) is 83.6 Å². The van der Waals surface area contributed by atoms with E-state index >= 15 is 0 Å². The van der Waals surface area contributed by atoms with E-state index in [4.69, 9.17) is 51.6 Å². The van der Waals surface area contributed by atoms with E-state index in [0.717, 1.165) is 33.8 Å². The maximum atomic E-state index is 10.4. The molecule has 0 radical (unpaired) electrons. The average molecular weight is 954 g/mol. The summed E-state index contributed by atoms with van der Waals surface area (Å²) in [5.41, 5.74) is 4.82. The highest BCUT2D eigenvalue weighted by Crippen LogP contribution is 2.36. The molecule has 4 aromatic carbocycles. The summed E-state index contributed by atoms with van der Waals surface area (Å²) in [5, 5.41) is 81.0. The van der Waals surface area contributed by atoms with Crippen LogP contribution in [0.2, 0.25) is 10.0 Å². The Labute approximate surface area is 395 Å². The third-order valence-corrected chi connectivity index (χ3v) is 11.6. The molecule has 0 saturated carbocycles. The molecule has 14 nitrogen and oxygen atoms in total. The second kappa shape index (κ2) is 26.9. The maximum absolute atomic E-state index is 10.4. The monoisotopic (exact) mass is 952 g/mol. The first-order valence-electron chi connectivity index (χ1n) is 21.4. The van der Waals surface area contributed by atoms with Gasteiger partial charge in [0.2, 0.25) is 0 Å². The Balaban J connectivity index is 0.000000247. The lowest BCUT2D eigenvalue weighted by Gasteiger charge is -2.40. The van der Waals surface area contributed by atoms with Gasteiger partial charge in [-0.3, -0.25) is 0 Å². The molecule has 2 fully saturated rings. The van der Waals surface area contributed by atoms with Gasteiger partial charge in [0.05, 0.1) is 26.4 Å². The summed E-state index contributed by atoms with van der Waals surface area (Å²) in [4.78, 5) is 0. The van der Waals surface area contributed by atoms with Crippen LogP contribution in [0.3, 0.4) is 0 Å². The number of rotatable bonds is 18. The Morgan fingerprint density at radius 3 is 1.23 bits per heavy atom.